The van der Waals surface area contributed by atoms with Crippen LogP contribution in [-0.2, 0) is 5.41 Å². The zero-order chi connectivity index (χ0) is 11.1. The van der Waals surface area contributed by atoms with Crippen molar-refractivity contribution >= 4 is 0 Å². The summed E-state index contributed by atoms with van der Waals surface area (Å²) in [5, 5.41) is 7.30. The summed E-state index contributed by atoms with van der Waals surface area (Å²) >= 11 is 0. The van der Waals surface area contributed by atoms with Crippen LogP contribution < -0.4 is 5.32 Å². The number of nitrogens with one attached hydrogen (secondary N) is 1. The molecule has 1 aromatic heterocycles. The Morgan fingerprint density at radius 2 is 2.07 bits per heavy atom. The number of hydrogen-bond donors (Lipinski definition) is 1. The molecule has 15 heavy (non-hydrogen) atoms. The van der Waals surface area contributed by atoms with E-state index in [2.05, 4.69) is 43.2 Å². The van der Waals surface area contributed by atoms with Crippen LogP contribution >= 0.6 is 0 Å². The van der Waals surface area contributed by atoms with Gasteiger partial charge in [0.2, 0.25) is 5.89 Å². The molecule has 1 saturated heterocycles. The lowest BCUT2D eigenvalue weighted by Gasteiger charge is -2.30. The SMILES string of the molecule is CC(c1nc(C(C)(C)C)no1)C1CNC1. The van der Waals surface area contributed by atoms with Gasteiger partial charge >= 0.3 is 0 Å². The molecule has 2 rings (SSSR count). The molecule has 0 bridgehead atoms. The van der Waals surface area contributed by atoms with E-state index in [0.717, 1.165) is 24.8 Å². The van der Waals surface area contributed by atoms with E-state index in [1.54, 1.807) is 0 Å². The molecule has 2 heterocycles. The van der Waals surface area contributed by atoms with Crippen LogP contribution in [0.25, 0.3) is 0 Å². The summed E-state index contributed by atoms with van der Waals surface area (Å²) < 4.78 is 5.32. The van der Waals surface area contributed by atoms with Crippen molar-refractivity contribution in [3.05, 3.63) is 11.7 Å². The van der Waals surface area contributed by atoms with Crippen LogP contribution in [0.1, 0.15) is 45.3 Å². The maximum atomic E-state index is 5.32. The molecule has 1 N–H and O–H groups in total. The average Bonchev–Trinajstić information content (AvgIpc) is 2.46. The standard InChI is InChI=1S/C11H19N3O/c1-7(8-5-12-6-8)9-13-10(14-15-9)11(2,3)4/h7-8,12H,5-6H2,1-4H3. The second-order valence-electron chi connectivity index (χ2n) is 5.41. The minimum atomic E-state index is -0.0284. The summed E-state index contributed by atoms with van der Waals surface area (Å²) in [6, 6.07) is 0. The van der Waals surface area contributed by atoms with Gasteiger partial charge in [-0.25, -0.2) is 0 Å². The zero-order valence-corrected chi connectivity index (χ0v) is 9.87. The quantitative estimate of drug-likeness (QED) is 0.805. The molecule has 1 fully saturated rings. The first-order chi connectivity index (χ1) is 6.98. The summed E-state index contributed by atoms with van der Waals surface area (Å²) in [6.07, 6.45) is 0. The van der Waals surface area contributed by atoms with Crippen LogP contribution in [-0.4, -0.2) is 23.2 Å². The Balaban J connectivity index is 2.12. The lowest BCUT2D eigenvalue weighted by molar-refractivity contribution is 0.251. The number of hydrogen-bond acceptors (Lipinski definition) is 4. The zero-order valence-electron chi connectivity index (χ0n) is 9.87. The molecular weight excluding hydrogens is 190 g/mol. The monoisotopic (exact) mass is 209 g/mol. The topological polar surface area (TPSA) is 51.0 Å². The lowest BCUT2D eigenvalue weighted by Crippen LogP contribution is -2.44. The Hall–Kier alpha value is -0.900. The molecule has 0 spiro atoms. The molecule has 0 saturated carbocycles. The van der Waals surface area contributed by atoms with Crippen molar-refractivity contribution in [3.63, 3.8) is 0 Å². The third-order valence-electron chi connectivity index (χ3n) is 3.02. The first-order valence-corrected chi connectivity index (χ1v) is 5.53. The Morgan fingerprint density at radius 3 is 2.47 bits per heavy atom. The van der Waals surface area contributed by atoms with E-state index in [-0.39, 0.29) is 5.41 Å². The molecule has 0 radical (unpaired) electrons. The Bertz CT molecular complexity index is 336. The summed E-state index contributed by atoms with van der Waals surface area (Å²) in [7, 11) is 0. The molecular formula is C11H19N3O. The van der Waals surface area contributed by atoms with Gasteiger partial charge in [-0.3, -0.25) is 0 Å². The van der Waals surface area contributed by atoms with E-state index in [0.29, 0.717) is 11.8 Å². The van der Waals surface area contributed by atoms with Crippen molar-refractivity contribution in [1.29, 1.82) is 0 Å². The van der Waals surface area contributed by atoms with Gasteiger partial charge in [0.25, 0.3) is 0 Å². The van der Waals surface area contributed by atoms with Crippen LogP contribution in [0, 0.1) is 5.92 Å². The van der Waals surface area contributed by atoms with Gasteiger partial charge in [0.1, 0.15) is 0 Å². The van der Waals surface area contributed by atoms with Crippen LogP contribution in [0.2, 0.25) is 0 Å². The molecule has 0 aliphatic carbocycles. The predicted molar refractivity (Wildman–Crippen MR) is 57.8 cm³/mol. The van der Waals surface area contributed by atoms with Crippen LogP contribution in [0.3, 0.4) is 0 Å². The first kappa shape index (κ1) is 10.6. The van der Waals surface area contributed by atoms with E-state index < -0.39 is 0 Å². The minimum Gasteiger partial charge on any atom is -0.339 e. The summed E-state index contributed by atoms with van der Waals surface area (Å²) in [5.41, 5.74) is -0.0284. The molecule has 0 amide bonds. The second-order valence-corrected chi connectivity index (χ2v) is 5.41. The van der Waals surface area contributed by atoms with Crippen LogP contribution in [0.4, 0.5) is 0 Å². The molecule has 1 atom stereocenters. The van der Waals surface area contributed by atoms with Crippen LogP contribution in [0.15, 0.2) is 4.52 Å². The predicted octanol–water partition coefficient (Wildman–Crippen LogP) is 1.69. The summed E-state index contributed by atoms with van der Waals surface area (Å²) in [4.78, 5) is 4.48. The summed E-state index contributed by atoms with van der Waals surface area (Å²) in [6.45, 7) is 10.6. The number of aromatic nitrogens is 2. The fraction of sp³-hybridized carbons (Fsp3) is 0.818. The van der Waals surface area contributed by atoms with Gasteiger partial charge in [0, 0.05) is 11.3 Å². The molecule has 1 aliphatic heterocycles. The van der Waals surface area contributed by atoms with E-state index in [1.807, 2.05) is 0 Å². The number of nitrogens with zero attached hydrogens (tertiary/aromatic N) is 2. The lowest BCUT2D eigenvalue weighted by atomic mass is 9.89. The molecule has 1 unspecified atom stereocenters. The highest BCUT2D eigenvalue weighted by Crippen LogP contribution is 2.27. The minimum absolute atomic E-state index is 0.0284. The highest BCUT2D eigenvalue weighted by atomic mass is 16.5. The molecule has 4 heteroatoms. The van der Waals surface area contributed by atoms with E-state index in [1.165, 1.54) is 0 Å². The highest BCUT2D eigenvalue weighted by molar-refractivity contribution is 5.04. The van der Waals surface area contributed by atoms with E-state index >= 15 is 0 Å². The van der Waals surface area contributed by atoms with E-state index in [9.17, 15) is 0 Å². The average molecular weight is 209 g/mol. The van der Waals surface area contributed by atoms with Gasteiger partial charge in [-0.15, -0.1) is 0 Å². The van der Waals surface area contributed by atoms with Crippen molar-refractivity contribution < 1.29 is 4.52 Å². The van der Waals surface area contributed by atoms with Gasteiger partial charge in [-0.2, -0.15) is 4.98 Å². The van der Waals surface area contributed by atoms with Crippen molar-refractivity contribution in [2.75, 3.05) is 13.1 Å². The molecule has 4 nitrogen and oxygen atoms in total. The van der Waals surface area contributed by atoms with Gasteiger partial charge in [0.05, 0.1) is 0 Å². The van der Waals surface area contributed by atoms with Crippen molar-refractivity contribution in [2.45, 2.75) is 39.0 Å². The van der Waals surface area contributed by atoms with Gasteiger partial charge < -0.3 is 9.84 Å². The third-order valence-corrected chi connectivity index (χ3v) is 3.02. The van der Waals surface area contributed by atoms with Gasteiger partial charge in [0.15, 0.2) is 5.82 Å². The largest absolute Gasteiger partial charge is 0.339 e. The second kappa shape index (κ2) is 3.59. The fourth-order valence-corrected chi connectivity index (χ4v) is 1.59. The van der Waals surface area contributed by atoms with Crippen molar-refractivity contribution in [2.24, 2.45) is 5.92 Å². The Morgan fingerprint density at radius 1 is 1.40 bits per heavy atom. The first-order valence-electron chi connectivity index (χ1n) is 5.53. The fourth-order valence-electron chi connectivity index (χ4n) is 1.59. The maximum absolute atomic E-state index is 5.32. The van der Waals surface area contributed by atoms with Gasteiger partial charge in [-0.1, -0.05) is 32.9 Å². The Kier molecular flexibility index (Phi) is 2.54. The molecule has 1 aliphatic rings. The molecule has 0 aromatic carbocycles. The van der Waals surface area contributed by atoms with Crippen LogP contribution in [0.5, 0.6) is 0 Å². The molecule has 1 aromatic rings. The van der Waals surface area contributed by atoms with Crippen molar-refractivity contribution in [3.8, 4) is 0 Å². The maximum Gasteiger partial charge on any atom is 0.229 e. The molecule has 84 valence electrons. The smallest absolute Gasteiger partial charge is 0.229 e. The Labute approximate surface area is 90.4 Å². The van der Waals surface area contributed by atoms with E-state index in [4.69, 9.17) is 4.52 Å². The third kappa shape index (κ3) is 2.04. The summed E-state index contributed by atoms with van der Waals surface area (Å²) in [5.74, 6) is 2.61. The number of rotatable bonds is 2. The van der Waals surface area contributed by atoms with Crippen molar-refractivity contribution in [1.82, 2.24) is 15.5 Å². The van der Waals surface area contributed by atoms with Gasteiger partial charge in [-0.05, 0) is 19.0 Å². The normalized spacial score (nSPS) is 20.0. The highest BCUT2D eigenvalue weighted by Gasteiger charge is 2.30.